The third-order valence-electron chi connectivity index (χ3n) is 3.83. The van der Waals surface area contributed by atoms with Crippen molar-refractivity contribution in [1.82, 2.24) is 10.6 Å². The molecule has 1 aliphatic heterocycles. The maximum atomic E-state index is 13.5. The number of hydrogen-bond acceptors (Lipinski definition) is 4. The second-order valence-electron chi connectivity index (χ2n) is 5.78. The van der Waals surface area contributed by atoms with E-state index in [1.807, 2.05) is 12.1 Å². The Hall–Kier alpha value is -0.580. The Kier molecular flexibility index (Phi) is 13.1. The Labute approximate surface area is 176 Å². The molecule has 1 heterocycles. The van der Waals surface area contributed by atoms with E-state index in [4.69, 9.17) is 9.47 Å². The van der Waals surface area contributed by atoms with Crippen molar-refractivity contribution in [3.63, 3.8) is 0 Å². The average molecular weight is 497 g/mol. The molecule has 148 valence electrons. The Balaban J connectivity index is 0.00000338. The molecule has 0 bridgehead atoms. The molecule has 5 nitrogen and oxygen atoms in total. The topological polar surface area (TPSA) is 54.9 Å². The SMILES string of the molecule is CN=C(NCCCOC1CCOC1)NCCSCc1ccccc1F.I. The predicted molar refractivity (Wildman–Crippen MR) is 117 cm³/mol. The van der Waals surface area contributed by atoms with Crippen LogP contribution < -0.4 is 10.6 Å². The summed E-state index contributed by atoms with van der Waals surface area (Å²) in [7, 11) is 1.76. The molecule has 1 fully saturated rings. The van der Waals surface area contributed by atoms with Crippen molar-refractivity contribution in [2.45, 2.75) is 24.7 Å². The van der Waals surface area contributed by atoms with Crippen LogP contribution in [0.5, 0.6) is 0 Å². The number of hydrogen-bond donors (Lipinski definition) is 2. The van der Waals surface area contributed by atoms with Crippen LogP contribution in [-0.2, 0) is 15.2 Å². The van der Waals surface area contributed by atoms with Gasteiger partial charge >= 0.3 is 0 Å². The lowest BCUT2D eigenvalue weighted by atomic mass is 10.2. The quantitative estimate of drug-likeness (QED) is 0.225. The lowest BCUT2D eigenvalue weighted by Gasteiger charge is -2.13. The molecule has 1 aliphatic rings. The van der Waals surface area contributed by atoms with Crippen molar-refractivity contribution < 1.29 is 13.9 Å². The van der Waals surface area contributed by atoms with Gasteiger partial charge in [0.15, 0.2) is 5.96 Å². The van der Waals surface area contributed by atoms with Crippen molar-refractivity contribution >= 4 is 41.7 Å². The van der Waals surface area contributed by atoms with E-state index in [1.165, 1.54) is 6.07 Å². The first kappa shape index (κ1) is 23.5. The first-order valence-electron chi connectivity index (χ1n) is 8.74. The minimum Gasteiger partial charge on any atom is -0.379 e. The fraction of sp³-hybridized carbons (Fsp3) is 0.611. The highest BCUT2D eigenvalue weighted by Gasteiger charge is 2.15. The molecule has 1 unspecified atom stereocenters. The van der Waals surface area contributed by atoms with Gasteiger partial charge < -0.3 is 20.1 Å². The number of benzene rings is 1. The summed E-state index contributed by atoms with van der Waals surface area (Å²) in [6.45, 7) is 3.87. The van der Waals surface area contributed by atoms with Gasteiger partial charge in [-0.3, -0.25) is 4.99 Å². The molecular formula is C18H29FIN3O2S. The van der Waals surface area contributed by atoms with Crippen LogP contribution in [-0.4, -0.2) is 57.8 Å². The highest BCUT2D eigenvalue weighted by Crippen LogP contribution is 2.14. The summed E-state index contributed by atoms with van der Waals surface area (Å²) in [5, 5.41) is 6.54. The number of rotatable bonds is 10. The van der Waals surface area contributed by atoms with E-state index in [0.717, 1.165) is 63.0 Å². The van der Waals surface area contributed by atoms with E-state index >= 15 is 0 Å². The standard InChI is InChI=1S/C18H28FN3O2S.HI/c1-20-18(21-8-4-10-24-16-7-11-23-13-16)22-9-12-25-14-15-5-2-3-6-17(15)19;/h2-3,5-6,16H,4,7-14H2,1H3,(H2,20,21,22);1H. The number of ether oxygens (including phenoxy) is 2. The normalized spacial score (nSPS) is 17.0. The lowest BCUT2D eigenvalue weighted by molar-refractivity contribution is 0.0420. The van der Waals surface area contributed by atoms with Gasteiger partial charge in [-0.1, -0.05) is 18.2 Å². The van der Waals surface area contributed by atoms with Gasteiger partial charge in [-0.2, -0.15) is 11.8 Å². The molecule has 2 N–H and O–H groups in total. The van der Waals surface area contributed by atoms with Crippen molar-refractivity contribution in [3.8, 4) is 0 Å². The smallest absolute Gasteiger partial charge is 0.191 e. The van der Waals surface area contributed by atoms with Crippen LogP contribution in [0.15, 0.2) is 29.3 Å². The van der Waals surface area contributed by atoms with Crippen molar-refractivity contribution in [3.05, 3.63) is 35.6 Å². The van der Waals surface area contributed by atoms with Crippen LogP contribution >= 0.6 is 35.7 Å². The highest BCUT2D eigenvalue weighted by atomic mass is 127. The molecule has 2 rings (SSSR count). The van der Waals surface area contributed by atoms with Crippen molar-refractivity contribution in [1.29, 1.82) is 0 Å². The fourth-order valence-corrected chi connectivity index (χ4v) is 3.28. The average Bonchev–Trinajstić information content (AvgIpc) is 3.14. The molecule has 0 spiro atoms. The van der Waals surface area contributed by atoms with Gasteiger partial charge in [0.25, 0.3) is 0 Å². The summed E-state index contributed by atoms with van der Waals surface area (Å²) >= 11 is 1.70. The molecule has 1 aromatic rings. The number of thioether (sulfide) groups is 1. The zero-order chi connectivity index (χ0) is 17.7. The molecule has 0 radical (unpaired) electrons. The van der Waals surface area contributed by atoms with Crippen LogP contribution in [0, 0.1) is 5.82 Å². The number of halogens is 2. The van der Waals surface area contributed by atoms with Crippen molar-refractivity contribution in [2.24, 2.45) is 4.99 Å². The summed E-state index contributed by atoms with van der Waals surface area (Å²) < 4.78 is 24.5. The number of aliphatic imine (C=N–C) groups is 1. The van der Waals surface area contributed by atoms with Gasteiger partial charge in [0.2, 0.25) is 0 Å². The van der Waals surface area contributed by atoms with Gasteiger partial charge in [0, 0.05) is 44.9 Å². The summed E-state index contributed by atoms with van der Waals surface area (Å²) in [6, 6.07) is 6.92. The van der Waals surface area contributed by atoms with Gasteiger partial charge in [0.05, 0.1) is 12.7 Å². The zero-order valence-electron chi connectivity index (χ0n) is 15.2. The summed E-state index contributed by atoms with van der Waals surface area (Å²) in [5.41, 5.74) is 0.752. The zero-order valence-corrected chi connectivity index (χ0v) is 18.4. The lowest BCUT2D eigenvalue weighted by Crippen LogP contribution is -2.39. The molecule has 0 aliphatic carbocycles. The number of nitrogens with zero attached hydrogens (tertiary/aromatic N) is 1. The van der Waals surface area contributed by atoms with E-state index in [0.29, 0.717) is 5.75 Å². The molecule has 1 saturated heterocycles. The molecule has 26 heavy (non-hydrogen) atoms. The Morgan fingerprint density at radius 2 is 2.15 bits per heavy atom. The van der Waals surface area contributed by atoms with Crippen molar-refractivity contribution in [2.75, 3.05) is 45.7 Å². The van der Waals surface area contributed by atoms with E-state index in [1.54, 1.807) is 24.9 Å². The molecule has 1 aromatic carbocycles. The highest BCUT2D eigenvalue weighted by molar-refractivity contribution is 14.0. The third-order valence-corrected chi connectivity index (χ3v) is 4.84. The van der Waals surface area contributed by atoms with E-state index < -0.39 is 0 Å². The Bertz CT molecular complexity index is 531. The minimum atomic E-state index is -0.133. The van der Waals surface area contributed by atoms with Crippen LogP contribution in [0.1, 0.15) is 18.4 Å². The number of guanidine groups is 1. The summed E-state index contributed by atoms with van der Waals surface area (Å²) in [5.74, 6) is 2.23. The Morgan fingerprint density at radius 1 is 1.35 bits per heavy atom. The second-order valence-corrected chi connectivity index (χ2v) is 6.88. The first-order valence-corrected chi connectivity index (χ1v) is 9.90. The molecule has 1 atom stereocenters. The largest absolute Gasteiger partial charge is 0.379 e. The van der Waals surface area contributed by atoms with E-state index in [2.05, 4.69) is 15.6 Å². The van der Waals surface area contributed by atoms with Crippen LogP contribution in [0.4, 0.5) is 4.39 Å². The van der Waals surface area contributed by atoms with Crippen LogP contribution in [0.25, 0.3) is 0 Å². The Morgan fingerprint density at radius 3 is 2.88 bits per heavy atom. The molecule has 0 aromatic heterocycles. The minimum absolute atomic E-state index is 0. The van der Waals surface area contributed by atoms with E-state index in [-0.39, 0.29) is 35.9 Å². The van der Waals surface area contributed by atoms with Gasteiger partial charge in [-0.05, 0) is 24.5 Å². The monoisotopic (exact) mass is 497 g/mol. The molecular weight excluding hydrogens is 468 g/mol. The van der Waals surface area contributed by atoms with Gasteiger partial charge in [0.1, 0.15) is 5.82 Å². The van der Waals surface area contributed by atoms with Gasteiger partial charge in [-0.25, -0.2) is 4.39 Å². The van der Waals surface area contributed by atoms with Gasteiger partial charge in [-0.15, -0.1) is 24.0 Å². The predicted octanol–water partition coefficient (Wildman–Crippen LogP) is 3.04. The van der Waals surface area contributed by atoms with E-state index in [9.17, 15) is 4.39 Å². The third kappa shape index (κ3) is 9.38. The second kappa shape index (κ2) is 14.5. The van der Waals surface area contributed by atoms with Crippen LogP contribution in [0.3, 0.4) is 0 Å². The van der Waals surface area contributed by atoms with Crippen LogP contribution in [0.2, 0.25) is 0 Å². The summed E-state index contributed by atoms with van der Waals surface area (Å²) in [6.07, 6.45) is 2.20. The number of nitrogens with one attached hydrogen (secondary N) is 2. The first-order chi connectivity index (χ1) is 12.3. The molecule has 0 saturated carbocycles. The molecule has 0 amide bonds. The summed E-state index contributed by atoms with van der Waals surface area (Å²) in [4.78, 5) is 4.20. The maximum absolute atomic E-state index is 13.5. The molecule has 8 heteroatoms. The maximum Gasteiger partial charge on any atom is 0.191 e. The fourth-order valence-electron chi connectivity index (χ4n) is 2.43.